The summed E-state index contributed by atoms with van der Waals surface area (Å²) in [4.78, 5) is 4.07. The van der Waals surface area contributed by atoms with Crippen molar-refractivity contribution in [1.82, 2.24) is 4.98 Å². The number of rotatable bonds is 4. The van der Waals surface area contributed by atoms with Gasteiger partial charge in [0.1, 0.15) is 5.75 Å². The van der Waals surface area contributed by atoms with E-state index in [1.807, 2.05) is 24.3 Å². The lowest BCUT2D eigenvalue weighted by atomic mass is 10.1. The molecule has 0 atom stereocenters. The summed E-state index contributed by atoms with van der Waals surface area (Å²) in [6.45, 7) is 0.650. The molecule has 1 heterocycles. The summed E-state index contributed by atoms with van der Waals surface area (Å²) in [5.41, 5.74) is 13.0. The highest BCUT2D eigenvalue weighted by atomic mass is 16.5. The zero-order valence-corrected chi connectivity index (χ0v) is 9.47. The van der Waals surface area contributed by atoms with E-state index in [1.54, 1.807) is 18.3 Å². The molecule has 1 aromatic heterocycles. The fourth-order valence-electron chi connectivity index (χ4n) is 1.49. The minimum atomic E-state index is 0.497. The van der Waals surface area contributed by atoms with Gasteiger partial charge in [-0.25, -0.2) is 4.98 Å². The van der Waals surface area contributed by atoms with Crippen molar-refractivity contribution in [3.05, 3.63) is 48.2 Å². The van der Waals surface area contributed by atoms with E-state index in [-0.39, 0.29) is 0 Å². The molecule has 0 aliphatic heterocycles. The van der Waals surface area contributed by atoms with Gasteiger partial charge in [0.05, 0.1) is 0 Å². The normalized spacial score (nSPS) is 10.2. The molecular weight excluding hydrogens is 214 g/mol. The number of aromatic nitrogens is 1. The van der Waals surface area contributed by atoms with E-state index in [0.717, 1.165) is 12.2 Å². The highest BCUT2D eigenvalue weighted by Gasteiger charge is 1.99. The molecule has 4 nitrogen and oxygen atoms in total. The van der Waals surface area contributed by atoms with Crippen molar-refractivity contribution in [2.75, 3.05) is 12.3 Å². The third-order valence-electron chi connectivity index (χ3n) is 2.34. The standard InChI is InChI=1S/C13H15N3O/c14-7-5-10-1-3-12(4-2-10)17-13-9-11(15)6-8-16-13/h1-4,6,8-9H,5,7,14H2,(H2,15,16). The Morgan fingerprint density at radius 3 is 2.53 bits per heavy atom. The van der Waals surface area contributed by atoms with Crippen LogP contribution >= 0.6 is 0 Å². The minimum absolute atomic E-state index is 0.497. The average Bonchev–Trinajstić information content (AvgIpc) is 2.32. The molecule has 4 heteroatoms. The van der Waals surface area contributed by atoms with Gasteiger partial charge in [-0.15, -0.1) is 0 Å². The predicted molar refractivity (Wildman–Crippen MR) is 67.9 cm³/mol. The summed E-state index contributed by atoms with van der Waals surface area (Å²) in [5.74, 6) is 1.24. The number of ether oxygens (including phenoxy) is 1. The number of pyridine rings is 1. The lowest BCUT2D eigenvalue weighted by molar-refractivity contribution is 0.463. The van der Waals surface area contributed by atoms with E-state index in [2.05, 4.69) is 4.98 Å². The zero-order valence-electron chi connectivity index (χ0n) is 9.47. The van der Waals surface area contributed by atoms with Crippen LogP contribution in [-0.4, -0.2) is 11.5 Å². The van der Waals surface area contributed by atoms with Crippen LogP contribution in [0.4, 0.5) is 5.69 Å². The van der Waals surface area contributed by atoms with Crippen molar-refractivity contribution in [3.8, 4) is 11.6 Å². The van der Waals surface area contributed by atoms with Crippen molar-refractivity contribution < 1.29 is 4.74 Å². The smallest absolute Gasteiger partial charge is 0.221 e. The molecule has 1 aromatic carbocycles. The highest BCUT2D eigenvalue weighted by molar-refractivity contribution is 5.41. The number of hydrogen-bond donors (Lipinski definition) is 2. The van der Waals surface area contributed by atoms with Crippen molar-refractivity contribution in [2.45, 2.75) is 6.42 Å². The first-order valence-corrected chi connectivity index (χ1v) is 5.46. The Labute approximate surface area is 100 Å². The maximum Gasteiger partial charge on any atom is 0.221 e. The molecule has 0 amide bonds. The molecule has 17 heavy (non-hydrogen) atoms. The number of hydrogen-bond acceptors (Lipinski definition) is 4. The van der Waals surface area contributed by atoms with Gasteiger partial charge in [-0.2, -0.15) is 0 Å². The van der Waals surface area contributed by atoms with Crippen LogP contribution in [0.15, 0.2) is 42.6 Å². The lowest BCUT2D eigenvalue weighted by Crippen LogP contribution is -2.02. The van der Waals surface area contributed by atoms with Gasteiger partial charge in [0.15, 0.2) is 0 Å². The molecule has 4 N–H and O–H groups in total. The van der Waals surface area contributed by atoms with Crippen LogP contribution in [0.1, 0.15) is 5.56 Å². The van der Waals surface area contributed by atoms with Crippen LogP contribution in [0.2, 0.25) is 0 Å². The second-order valence-electron chi connectivity index (χ2n) is 3.71. The SMILES string of the molecule is NCCc1ccc(Oc2cc(N)ccn2)cc1. The molecule has 0 aliphatic rings. The van der Waals surface area contributed by atoms with Gasteiger partial charge in [0.2, 0.25) is 5.88 Å². The Bertz CT molecular complexity index is 482. The molecule has 88 valence electrons. The third-order valence-corrected chi connectivity index (χ3v) is 2.34. The van der Waals surface area contributed by atoms with Gasteiger partial charge >= 0.3 is 0 Å². The largest absolute Gasteiger partial charge is 0.439 e. The number of nitrogen functional groups attached to an aromatic ring is 1. The first-order valence-electron chi connectivity index (χ1n) is 5.46. The van der Waals surface area contributed by atoms with Crippen LogP contribution in [0.5, 0.6) is 11.6 Å². The Balaban J connectivity index is 2.08. The fraction of sp³-hybridized carbons (Fsp3) is 0.154. The number of nitrogens with two attached hydrogens (primary N) is 2. The van der Waals surface area contributed by atoms with Crippen molar-refractivity contribution in [3.63, 3.8) is 0 Å². The molecule has 0 fully saturated rings. The van der Waals surface area contributed by atoms with Gasteiger partial charge in [0, 0.05) is 18.0 Å². The molecule has 0 unspecified atom stereocenters. The number of anilines is 1. The van der Waals surface area contributed by atoms with Crippen LogP contribution in [0.3, 0.4) is 0 Å². The molecule has 0 aliphatic carbocycles. The van der Waals surface area contributed by atoms with Crippen molar-refractivity contribution >= 4 is 5.69 Å². The summed E-state index contributed by atoms with van der Waals surface area (Å²) in [5, 5.41) is 0. The van der Waals surface area contributed by atoms with Crippen molar-refractivity contribution in [1.29, 1.82) is 0 Å². The van der Waals surface area contributed by atoms with Gasteiger partial charge in [0.25, 0.3) is 0 Å². The monoisotopic (exact) mass is 229 g/mol. The van der Waals surface area contributed by atoms with E-state index >= 15 is 0 Å². The first kappa shape index (κ1) is 11.4. The summed E-state index contributed by atoms with van der Waals surface area (Å²) >= 11 is 0. The molecule has 0 bridgehead atoms. The van der Waals surface area contributed by atoms with E-state index in [1.165, 1.54) is 5.56 Å². The summed E-state index contributed by atoms with van der Waals surface area (Å²) in [7, 11) is 0. The Morgan fingerprint density at radius 2 is 1.88 bits per heavy atom. The third kappa shape index (κ3) is 3.19. The average molecular weight is 229 g/mol. The number of nitrogens with zero attached hydrogens (tertiary/aromatic N) is 1. The molecule has 0 radical (unpaired) electrons. The molecule has 2 aromatic rings. The van der Waals surface area contributed by atoms with Crippen molar-refractivity contribution in [2.24, 2.45) is 5.73 Å². The molecule has 0 spiro atoms. The van der Waals surface area contributed by atoms with Crippen LogP contribution in [0.25, 0.3) is 0 Å². The maximum absolute atomic E-state index is 5.64. The van der Waals surface area contributed by atoms with Crippen LogP contribution in [-0.2, 0) is 6.42 Å². The molecule has 0 saturated heterocycles. The van der Waals surface area contributed by atoms with Gasteiger partial charge < -0.3 is 16.2 Å². The van der Waals surface area contributed by atoms with Gasteiger partial charge in [-0.1, -0.05) is 12.1 Å². The molecule has 0 saturated carbocycles. The van der Waals surface area contributed by atoms with E-state index < -0.39 is 0 Å². The second kappa shape index (κ2) is 5.32. The number of benzene rings is 1. The highest BCUT2D eigenvalue weighted by Crippen LogP contribution is 2.21. The van der Waals surface area contributed by atoms with E-state index in [9.17, 15) is 0 Å². The quantitative estimate of drug-likeness (QED) is 0.840. The lowest BCUT2D eigenvalue weighted by Gasteiger charge is -2.06. The topological polar surface area (TPSA) is 74.2 Å². The zero-order chi connectivity index (χ0) is 12.1. The Kier molecular flexibility index (Phi) is 3.57. The fourth-order valence-corrected chi connectivity index (χ4v) is 1.49. The molecule has 2 rings (SSSR count). The van der Waals surface area contributed by atoms with E-state index in [0.29, 0.717) is 18.1 Å². The summed E-state index contributed by atoms with van der Waals surface area (Å²) < 4.78 is 5.57. The van der Waals surface area contributed by atoms with E-state index in [4.69, 9.17) is 16.2 Å². The summed E-state index contributed by atoms with van der Waals surface area (Å²) in [6, 6.07) is 11.2. The Morgan fingerprint density at radius 1 is 1.12 bits per heavy atom. The minimum Gasteiger partial charge on any atom is -0.439 e. The first-order chi connectivity index (χ1) is 8.28. The maximum atomic E-state index is 5.64. The molecular formula is C13H15N3O. The van der Waals surface area contributed by atoms with Crippen LogP contribution in [0, 0.1) is 0 Å². The van der Waals surface area contributed by atoms with Gasteiger partial charge in [-0.05, 0) is 36.7 Å². The predicted octanol–water partition coefficient (Wildman–Crippen LogP) is 1.96. The second-order valence-corrected chi connectivity index (χ2v) is 3.71. The van der Waals surface area contributed by atoms with Crippen LogP contribution < -0.4 is 16.2 Å². The Hall–Kier alpha value is -2.07. The van der Waals surface area contributed by atoms with Gasteiger partial charge in [-0.3, -0.25) is 0 Å². The summed E-state index contributed by atoms with van der Waals surface area (Å²) in [6.07, 6.45) is 2.49.